The number of methoxy groups -OCH3 is 1. The SMILES string of the molecule is CCN(CC)S(=O)(=O)c1ccc2c(c1)nc(SCC(=O)NCCC1=CCCCC1)n2-c1ccccc1OC. The molecule has 10 heteroatoms. The molecular weight excluding hydrogens is 520 g/mol. The molecule has 3 aromatic rings. The van der Waals surface area contributed by atoms with Gasteiger partial charge in [0.1, 0.15) is 5.75 Å². The highest BCUT2D eigenvalue weighted by Gasteiger charge is 2.24. The number of allylic oxidation sites excluding steroid dienone is 1. The molecule has 0 radical (unpaired) electrons. The van der Waals surface area contributed by atoms with Gasteiger partial charge in [0.15, 0.2) is 5.16 Å². The van der Waals surface area contributed by atoms with Crippen molar-refractivity contribution in [3.63, 3.8) is 0 Å². The molecule has 8 nitrogen and oxygen atoms in total. The minimum absolute atomic E-state index is 0.0603. The Labute approximate surface area is 229 Å². The molecule has 2 aromatic carbocycles. The van der Waals surface area contributed by atoms with Gasteiger partial charge in [-0.25, -0.2) is 13.4 Å². The average Bonchev–Trinajstić information content (AvgIpc) is 3.30. The Morgan fingerprint density at radius 3 is 2.66 bits per heavy atom. The van der Waals surface area contributed by atoms with E-state index in [1.54, 1.807) is 25.3 Å². The van der Waals surface area contributed by atoms with Gasteiger partial charge in [0.2, 0.25) is 15.9 Å². The summed E-state index contributed by atoms with van der Waals surface area (Å²) in [6.45, 7) is 5.05. The van der Waals surface area contributed by atoms with Gasteiger partial charge in [0.25, 0.3) is 0 Å². The number of aromatic nitrogens is 2. The van der Waals surface area contributed by atoms with Crippen molar-refractivity contribution in [2.45, 2.75) is 56.0 Å². The van der Waals surface area contributed by atoms with Crippen LogP contribution in [0.25, 0.3) is 16.7 Å². The van der Waals surface area contributed by atoms with Crippen LogP contribution in [0.15, 0.2) is 64.2 Å². The van der Waals surface area contributed by atoms with Gasteiger partial charge in [-0.2, -0.15) is 4.31 Å². The monoisotopic (exact) mass is 556 g/mol. The van der Waals surface area contributed by atoms with E-state index in [-0.39, 0.29) is 16.6 Å². The summed E-state index contributed by atoms with van der Waals surface area (Å²) in [5.74, 6) is 0.788. The first-order valence-corrected chi connectivity index (χ1v) is 15.5. The smallest absolute Gasteiger partial charge is 0.243 e. The number of carbonyl (C=O) groups is 1. The summed E-state index contributed by atoms with van der Waals surface area (Å²) in [5.41, 5.74) is 3.47. The molecular formula is C28H36N4O4S2. The second kappa shape index (κ2) is 12.8. The van der Waals surface area contributed by atoms with Gasteiger partial charge in [-0.3, -0.25) is 9.36 Å². The average molecular weight is 557 g/mol. The second-order valence-corrected chi connectivity index (χ2v) is 12.0. The van der Waals surface area contributed by atoms with E-state index in [9.17, 15) is 13.2 Å². The van der Waals surface area contributed by atoms with Crippen LogP contribution >= 0.6 is 11.8 Å². The van der Waals surface area contributed by atoms with Crippen molar-refractivity contribution in [2.24, 2.45) is 0 Å². The van der Waals surface area contributed by atoms with Crippen LogP contribution in [0, 0.1) is 0 Å². The highest BCUT2D eigenvalue weighted by molar-refractivity contribution is 7.99. The Bertz CT molecular complexity index is 1410. The van der Waals surface area contributed by atoms with E-state index in [0.717, 1.165) is 30.5 Å². The molecule has 1 aliphatic rings. The fourth-order valence-corrected chi connectivity index (χ4v) is 7.06. The fraction of sp³-hybridized carbons (Fsp3) is 0.429. The molecule has 0 atom stereocenters. The van der Waals surface area contributed by atoms with Crippen LogP contribution in [0.1, 0.15) is 46.0 Å². The molecule has 1 aromatic heterocycles. The minimum atomic E-state index is -3.64. The van der Waals surface area contributed by atoms with Gasteiger partial charge in [-0.05, 0) is 62.4 Å². The number of imidazole rings is 1. The largest absolute Gasteiger partial charge is 0.495 e. The Kier molecular flexibility index (Phi) is 9.51. The van der Waals surface area contributed by atoms with Gasteiger partial charge in [0, 0.05) is 19.6 Å². The number of benzene rings is 2. The molecule has 0 unspecified atom stereocenters. The molecule has 1 heterocycles. The van der Waals surface area contributed by atoms with Crippen LogP contribution in [-0.2, 0) is 14.8 Å². The highest BCUT2D eigenvalue weighted by Crippen LogP contribution is 2.33. The number of ether oxygens (including phenoxy) is 1. The number of sulfonamides is 1. The first-order chi connectivity index (χ1) is 18.4. The third-order valence-electron chi connectivity index (χ3n) is 6.75. The van der Waals surface area contributed by atoms with Gasteiger partial charge < -0.3 is 10.1 Å². The lowest BCUT2D eigenvalue weighted by molar-refractivity contribution is -0.118. The molecule has 4 rings (SSSR count). The highest BCUT2D eigenvalue weighted by atomic mass is 32.2. The number of thioether (sulfide) groups is 1. The van der Waals surface area contributed by atoms with E-state index in [1.165, 1.54) is 34.5 Å². The number of rotatable bonds is 12. The van der Waals surface area contributed by atoms with Gasteiger partial charge in [-0.15, -0.1) is 0 Å². The first kappa shape index (κ1) is 28.2. The van der Waals surface area contributed by atoms with Crippen molar-refractivity contribution in [3.8, 4) is 11.4 Å². The number of para-hydroxylation sites is 2. The normalized spacial score (nSPS) is 14.1. The van der Waals surface area contributed by atoms with Crippen molar-refractivity contribution in [1.29, 1.82) is 0 Å². The maximum atomic E-state index is 13.1. The van der Waals surface area contributed by atoms with Crippen LogP contribution in [0.5, 0.6) is 5.75 Å². The Morgan fingerprint density at radius 1 is 1.16 bits per heavy atom. The van der Waals surface area contributed by atoms with Crippen LogP contribution < -0.4 is 10.1 Å². The van der Waals surface area contributed by atoms with Crippen molar-refractivity contribution in [1.82, 2.24) is 19.2 Å². The van der Waals surface area contributed by atoms with E-state index in [4.69, 9.17) is 9.72 Å². The molecule has 1 aliphatic carbocycles. The molecule has 1 amide bonds. The summed E-state index contributed by atoms with van der Waals surface area (Å²) in [4.78, 5) is 17.6. The maximum absolute atomic E-state index is 13.1. The zero-order valence-corrected chi connectivity index (χ0v) is 23.9. The van der Waals surface area contributed by atoms with Crippen molar-refractivity contribution < 1.29 is 17.9 Å². The van der Waals surface area contributed by atoms with E-state index >= 15 is 0 Å². The molecule has 0 fully saturated rings. The standard InChI is InChI=1S/C28H36N4O4S2/c1-4-31(5-2)38(34,35)22-15-16-24-23(19-22)30-28(32(24)25-13-9-10-14-26(25)36-3)37-20-27(33)29-18-17-21-11-7-6-8-12-21/h9-11,13-16,19H,4-8,12,17-18,20H2,1-3H3,(H,29,33). The predicted molar refractivity (Wildman–Crippen MR) is 153 cm³/mol. The van der Waals surface area contributed by atoms with Crippen LogP contribution in [0.2, 0.25) is 0 Å². The number of amides is 1. The second-order valence-electron chi connectivity index (χ2n) is 9.14. The summed E-state index contributed by atoms with van der Waals surface area (Å²) >= 11 is 1.32. The Balaban J connectivity index is 1.62. The third kappa shape index (κ3) is 6.24. The molecule has 0 saturated heterocycles. The number of carbonyl (C=O) groups excluding carboxylic acids is 1. The number of nitrogens with one attached hydrogen (secondary N) is 1. The first-order valence-electron chi connectivity index (χ1n) is 13.1. The summed E-state index contributed by atoms with van der Waals surface area (Å²) in [7, 11) is -2.03. The Hall–Kier alpha value is -2.82. The molecule has 0 spiro atoms. The van der Waals surface area contributed by atoms with Crippen LogP contribution in [0.4, 0.5) is 0 Å². The van der Waals surface area contributed by atoms with E-state index < -0.39 is 10.0 Å². The van der Waals surface area contributed by atoms with Crippen molar-refractivity contribution in [3.05, 3.63) is 54.1 Å². The fourth-order valence-electron chi connectivity index (χ4n) is 4.73. The van der Waals surface area contributed by atoms with E-state index in [2.05, 4.69) is 11.4 Å². The topological polar surface area (TPSA) is 93.5 Å². The summed E-state index contributed by atoms with van der Waals surface area (Å²) in [5, 5.41) is 3.61. The lowest BCUT2D eigenvalue weighted by Crippen LogP contribution is -2.30. The van der Waals surface area contributed by atoms with E-state index in [0.29, 0.717) is 36.1 Å². The number of hydrogen-bond acceptors (Lipinski definition) is 6. The van der Waals surface area contributed by atoms with Crippen molar-refractivity contribution in [2.75, 3.05) is 32.5 Å². The van der Waals surface area contributed by atoms with Crippen LogP contribution in [-0.4, -0.2) is 60.7 Å². The zero-order chi connectivity index (χ0) is 27.1. The molecule has 0 bridgehead atoms. The predicted octanol–water partition coefficient (Wildman–Crippen LogP) is 5.16. The molecule has 1 N–H and O–H groups in total. The number of hydrogen-bond donors (Lipinski definition) is 1. The zero-order valence-electron chi connectivity index (χ0n) is 22.3. The van der Waals surface area contributed by atoms with Crippen LogP contribution in [0.3, 0.4) is 0 Å². The Morgan fingerprint density at radius 2 is 1.95 bits per heavy atom. The minimum Gasteiger partial charge on any atom is -0.495 e. The summed E-state index contributed by atoms with van der Waals surface area (Å²) < 4.78 is 35.2. The molecule has 38 heavy (non-hydrogen) atoms. The lowest BCUT2D eigenvalue weighted by atomic mass is 9.97. The third-order valence-corrected chi connectivity index (χ3v) is 9.73. The molecule has 0 saturated carbocycles. The van der Waals surface area contributed by atoms with Gasteiger partial charge in [-0.1, -0.05) is 49.4 Å². The van der Waals surface area contributed by atoms with Gasteiger partial charge in [0.05, 0.1) is 34.5 Å². The van der Waals surface area contributed by atoms with Gasteiger partial charge >= 0.3 is 0 Å². The number of nitrogens with zero attached hydrogens (tertiary/aromatic N) is 3. The lowest BCUT2D eigenvalue weighted by Gasteiger charge is -2.18. The maximum Gasteiger partial charge on any atom is 0.243 e. The summed E-state index contributed by atoms with van der Waals surface area (Å²) in [6, 6.07) is 12.6. The quantitative estimate of drug-likeness (QED) is 0.245. The van der Waals surface area contributed by atoms with E-state index in [1.807, 2.05) is 42.7 Å². The number of fused-ring (bicyclic) bond motifs is 1. The summed E-state index contributed by atoms with van der Waals surface area (Å²) in [6.07, 6.45) is 7.93. The van der Waals surface area contributed by atoms with Crippen molar-refractivity contribution >= 4 is 38.7 Å². The molecule has 0 aliphatic heterocycles. The molecule has 204 valence electrons.